The average Bonchev–Trinajstić information content (AvgIpc) is 3.05. The Morgan fingerprint density at radius 3 is 2.33 bits per heavy atom. The molecule has 0 aliphatic carbocycles. The van der Waals surface area contributed by atoms with Crippen molar-refractivity contribution >= 4 is 15.7 Å². The molecule has 0 saturated carbocycles. The van der Waals surface area contributed by atoms with Gasteiger partial charge in [0, 0.05) is 26.1 Å². The molecule has 3 rings (SSSR count). The summed E-state index contributed by atoms with van der Waals surface area (Å²) >= 11 is 0. The third kappa shape index (κ3) is 7.15. The summed E-state index contributed by atoms with van der Waals surface area (Å²) in [5, 5.41) is 0. The fraction of sp³-hybridized carbons (Fsp3) is 0.519. The van der Waals surface area contributed by atoms with Crippen molar-refractivity contribution in [2.24, 2.45) is 0 Å². The number of likely N-dealkylation sites (N-methyl/N-ethyl adjacent to an activating group) is 1. The molecule has 1 fully saturated rings. The van der Waals surface area contributed by atoms with Crippen LogP contribution in [-0.4, -0.2) is 56.8 Å². The third-order valence-electron chi connectivity index (χ3n) is 6.62. The molecule has 2 aromatic rings. The minimum Gasteiger partial charge on any atom is -0.343 e. The number of hydrogen-bond acceptors (Lipinski definition) is 4. The van der Waals surface area contributed by atoms with Gasteiger partial charge in [-0.3, -0.25) is 4.79 Å². The standard InChI is InChI=1S/C27H38N2O3S/c1-3-28(19-10-11-21-29-20-9-5-8-14-27(29)30)22-23(2)24-15-17-26(18-16-24)33(31,32)25-12-6-4-7-13-25/h4,6-7,12-13,15-18,23H,3,5,8-11,14,19-22H2,1-2H3. The lowest BCUT2D eigenvalue weighted by molar-refractivity contribution is -0.130. The highest BCUT2D eigenvalue weighted by atomic mass is 32.2. The summed E-state index contributed by atoms with van der Waals surface area (Å²) in [6, 6.07) is 15.9. The van der Waals surface area contributed by atoms with E-state index in [2.05, 4.69) is 23.6 Å². The van der Waals surface area contributed by atoms with E-state index in [1.165, 1.54) is 6.42 Å². The van der Waals surface area contributed by atoms with Crippen LogP contribution in [0.25, 0.3) is 0 Å². The number of amides is 1. The Morgan fingerprint density at radius 1 is 0.939 bits per heavy atom. The van der Waals surface area contributed by atoms with Gasteiger partial charge in [0.25, 0.3) is 0 Å². The van der Waals surface area contributed by atoms with E-state index >= 15 is 0 Å². The average molecular weight is 471 g/mol. The van der Waals surface area contributed by atoms with Crippen molar-refractivity contribution in [2.45, 2.75) is 68.1 Å². The predicted molar refractivity (Wildman–Crippen MR) is 133 cm³/mol. The molecule has 0 N–H and O–H groups in total. The van der Waals surface area contributed by atoms with Crippen LogP contribution in [0.4, 0.5) is 0 Å². The fourth-order valence-corrected chi connectivity index (χ4v) is 5.78. The molecule has 2 aromatic carbocycles. The minimum absolute atomic E-state index is 0.311. The van der Waals surface area contributed by atoms with Gasteiger partial charge in [0.2, 0.25) is 15.7 Å². The maximum Gasteiger partial charge on any atom is 0.222 e. The Labute approximate surface area is 199 Å². The number of sulfone groups is 1. The molecule has 5 nitrogen and oxygen atoms in total. The second-order valence-electron chi connectivity index (χ2n) is 9.08. The molecule has 0 bridgehead atoms. The van der Waals surface area contributed by atoms with Crippen molar-refractivity contribution < 1.29 is 13.2 Å². The summed E-state index contributed by atoms with van der Waals surface area (Å²) in [6.45, 7) is 9.10. The van der Waals surface area contributed by atoms with Crippen molar-refractivity contribution in [3.8, 4) is 0 Å². The maximum absolute atomic E-state index is 12.8. The van der Waals surface area contributed by atoms with Crippen LogP contribution in [-0.2, 0) is 14.6 Å². The molecule has 1 heterocycles. The number of nitrogens with zero attached hydrogens (tertiary/aromatic N) is 2. The Morgan fingerprint density at radius 2 is 1.64 bits per heavy atom. The molecule has 1 saturated heterocycles. The van der Waals surface area contributed by atoms with Gasteiger partial charge in [-0.25, -0.2) is 8.42 Å². The van der Waals surface area contributed by atoms with Crippen LogP contribution in [0.15, 0.2) is 64.4 Å². The van der Waals surface area contributed by atoms with Crippen molar-refractivity contribution in [2.75, 3.05) is 32.7 Å². The van der Waals surface area contributed by atoms with E-state index in [4.69, 9.17) is 0 Å². The highest BCUT2D eigenvalue weighted by Gasteiger charge is 2.19. The summed E-state index contributed by atoms with van der Waals surface area (Å²) < 4.78 is 25.6. The van der Waals surface area contributed by atoms with Crippen molar-refractivity contribution in [1.29, 1.82) is 0 Å². The van der Waals surface area contributed by atoms with Crippen LogP contribution >= 0.6 is 0 Å². The first-order valence-corrected chi connectivity index (χ1v) is 13.8. The van der Waals surface area contributed by atoms with Crippen molar-refractivity contribution in [3.63, 3.8) is 0 Å². The normalized spacial score (nSPS) is 16.1. The highest BCUT2D eigenvalue weighted by molar-refractivity contribution is 7.91. The number of rotatable bonds is 11. The highest BCUT2D eigenvalue weighted by Crippen LogP contribution is 2.24. The second kappa shape index (κ2) is 12.3. The predicted octanol–water partition coefficient (Wildman–Crippen LogP) is 5.13. The van der Waals surface area contributed by atoms with Gasteiger partial charge in [-0.05, 0) is 74.5 Å². The van der Waals surface area contributed by atoms with Gasteiger partial charge in [-0.2, -0.15) is 0 Å². The molecule has 1 atom stereocenters. The summed E-state index contributed by atoms with van der Waals surface area (Å²) in [4.78, 5) is 17.3. The van der Waals surface area contributed by atoms with E-state index in [-0.39, 0.29) is 0 Å². The summed E-state index contributed by atoms with van der Waals surface area (Å²) in [7, 11) is -3.48. The molecule has 1 aliphatic rings. The Balaban J connectivity index is 1.49. The van der Waals surface area contributed by atoms with E-state index < -0.39 is 9.84 Å². The molecule has 180 valence electrons. The topological polar surface area (TPSA) is 57.7 Å². The lowest BCUT2D eigenvalue weighted by atomic mass is 10.0. The first-order valence-electron chi connectivity index (χ1n) is 12.3. The molecule has 33 heavy (non-hydrogen) atoms. The molecule has 6 heteroatoms. The van der Waals surface area contributed by atoms with Gasteiger partial charge in [0.05, 0.1) is 9.79 Å². The first kappa shape index (κ1) is 25.4. The molecule has 1 aliphatic heterocycles. The van der Waals surface area contributed by atoms with Gasteiger partial charge in [-0.15, -0.1) is 0 Å². The number of carbonyl (C=O) groups is 1. The SMILES string of the molecule is CCN(CCCCN1CCCCCC1=O)CC(C)c1ccc(S(=O)(=O)c2ccccc2)cc1. The number of carbonyl (C=O) groups excluding carboxylic acids is 1. The summed E-state index contributed by atoms with van der Waals surface area (Å²) in [5.41, 5.74) is 1.15. The van der Waals surface area contributed by atoms with E-state index in [1.807, 2.05) is 18.2 Å². The van der Waals surface area contributed by atoms with Crippen LogP contribution < -0.4 is 0 Å². The zero-order valence-electron chi connectivity index (χ0n) is 20.1. The summed E-state index contributed by atoms with van der Waals surface area (Å²) in [6.07, 6.45) is 6.18. The zero-order chi connectivity index (χ0) is 23.7. The van der Waals surface area contributed by atoms with Crippen LogP contribution in [0.3, 0.4) is 0 Å². The van der Waals surface area contributed by atoms with E-state index in [9.17, 15) is 13.2 Å². The minimum atomic E-state index is -3.48. The van der Waals surface area contributed by atoms with Gasteiger partial charge < -0.3 is 9.80 Å². The molecule has 0 spiro atoms. The molecule has 1 unspecified atom stereocenters. The third-order valence-corrected chi connectivity index (χ3v) is 8.40. The van der Waals surface area contributed by atoms with Gasteiger partial charge in [0.15, 0.2) is 0 Å². The lowest BCUT2D eigenvalue weighted by Crippen LogP contribution is -2.32. The fourth-order valence-electron chi connectivity index (χ4n) is 4.50. The largest absolute Gasteiger partial charge is 0.343 e. The quantitative estimate of drug-likeness (QED) is 0.427. The Hall–Kier alpha value is -2.18. The Kier molecular flexibility index (Phi) is 9.51. The van der Waals surface area contributed by atoms with E-state index in [0.717, 1.165) is 64.0 Å². The van der Waals surface area contributed by atoms with Gasteiger partial charge in [-0.1, -0.05) is 50.6 Å². The van der Waals surface area contributed by atoms with Gasteiger partial charge in [0.1, 0.15) is 0 Å². The molecule has 0 aromatic heterocycles. The van der Waals surface area contributed by atoms with Crippen molar-refractivity contribution in [1.82, 2.24) is 9.80 Å². The smallest absolute Gasteiger partial charge is 0.222 e. The molecule has 1 amide bonds. The monoisotopic (exact) mass is 470 g/mol. The number of likely N-dealkylation sites (tertiary alicyclic amines) is 1. The maximum atomic E-state index is 12.8. The van der Waals surface area contributed by atoms with E-state index in [1.54, 1.807) is 36.4 Å². The van der Waals surface area contributed by atoms with Crippen LogP contribution in [0.1, 0.15) is 63.9 Å². The van der Waals surface area contributed by atoms with Gasteiger partial charge >= 0.3 is 0 Å². The lowest BCUT2D eigenvalue weighted by Gasteiger charge is -2.25. The number of unbranched alkanes of at least 4 members (excludes halogenated alkanes) is 1. The molecule has 0 radical (unpaired) electrons. The van der Waals surface area contributed by atoms with E-state index in [0.29, 0.717) is 28.0 Å². The number of hydrogen-bond donors (Lipinski definition) is 0. The van der Waals surface area contributed by atoms with Crippen LogP contribution in [0.5, 0.6) is 0 Å². The van der Waals surface area contributed by atoms with Crippen LogP contribution in [0, 0.1) is 0 Å². The molecular weight excluding hydrogens is 432 g/mol. The Bertz CT molecular complexity index is 974. The summed E-state index contributed by atoms with van der Waals surface area (Å²) in [5.74, 6) is 0.636. The van der Waals surface area contributed by atoms with Crippen LogP contribution in [0.2, 0.25) is 0 Å². The molecular formula is C27H38N2O3S. The second-order valence-corrected chi connectivity index (χ2v) is 11.0. The first-order chi connectivity index (χ1) is 15.9. The number of benzene rings is 2. The van der Waals surface area contributed by atoms with Crippen molar-refractivity contribution in [3.05, 3.63) is 60.2 Å². The zero-order valence-corrected chi connectivity index (χ0v) is 20.9.